The zero-order valence-corrected chi connectivity index (χ0v) is 13.6. The molecule has 1 aliphatic heterocycles. The molecule has 4 nitrogen and oxygen atoms in total. The van der Waals surface area contributed by atoms with E-state index in [1.54, 1.807) is 6.07 Å². The summed E-state index contributed by atoms with van der Waals surface area (Å²) in [5.41, 5.74) is 2.79. The van der Waals surface area contributed by atoms with Crippen LogP contribution in [0.15, 0.2) is 12.1 Å². The highest BCUT2D eigenvalue weighted by atomic mass is 16.3. The lowest BCUT2D eigenvalue weighted by Crippen LogP contribution is -2.49. The fourth-order valence-corrected chi connectivity index (χ4v) is 3.06. The van der Waals surface area contributed by atoms with Crippen molar-refractivity contribution in [3.63, 3.8) is 0 Å². The monoisotopic (exact) mass is 292 g/mol. The minimum absolute atomic E-state index is 0.0790. The van der Waals surface area contributed by atoms with Crippen LogP contribution in [0.5, 0.6) is 5.75 Å². The van der Waals surface area contributed by atoms with E-state index in [4.69, 9.17) is 0 Å². The van der Waals surface area contributed by atoms with Gasteiger partial charge in [-0.2, -0.15) is 0 Å². The molecule has 0 aliphatic carbocycles. The van der Waals surface area contributed by atoms with E-state index in [1.807, 2.05) is 13.0 Å². The van der Waals surface area contributed by atoms with Crippen LogP contribution in [0.4, 0.5) is 0 Å². The van der Waals surface area contributed by atoms with E-state index in [-0.39, 0.29) is 12.0 Å². The summed E-state index contributed by atoms with van der Waals surface area (Å²) in [7, 11) is 0. The predicted molar refractivity (Wildman–Crippen MR) is 85.8 cm³/mol. The molecule has 2 unspecified atom stereocenters. The number of nitrogens with zero attached hydrogens (tertiary/aromatic N) is 1. The van der Waals surface area contributed by atoms with Crippen molar-refractivity contribution in [3.8, 4) is 5.75 Å². The Hall–Kier alpha value is -1.10. The molecule has 2 rings (SSSR count). The number of benzene rings is 1. The number of hydrogen-bond donors (Lipinski definition) is 3. The first-order valence-corrected chi connectivity index (χ1v) is 7.88. The highest BCUT2D eigenvalue weighted by Crippen LogP contribution is 2.33. The summed E-state index contributed by atoms with van der Waals surface area (Å²) in [6, 6.07) is 3.83. The summed E-state index contributed by atoms with van der Waals surface area (Å²) in [5, 5.41) is 24.2. The van der Waals surface area contributed by atoms with Crippen LogP contribution in [-0.4, -0.2) is 47.3 Å². The van der Waals surface area contributed by atoms with Crippen molar-refractivity contribution in [1.82, 2.24) is 10.2 Å². The molecule has 0 saturated carbocycles. The molecule has 1 heterocycles. The van der Waals surface area contributed by atoms with E-state index in [2.05, 4.69) is 31.0 Å². The lowest BCUT2D eigenvalue weighted by atomic mass is 9.91. The highest BCUT2D eigenvalue weighted by Gasteiger charge is 2.26. The first-order chi connectivity index (χ1) is 9.91. The first kappa shape index (κ1) is 16.3. The second-order valence-electron chi connectivity index (χ2n) is 6.39. The number of phenols is 1. The van der Waals surface area contributed by atoms with Crippen LogP contribution in [0.1, 0.15) is 49.5 Å². The zero-order valence-electron chi connectivity index (χ0n) is 13.6. The molecule has 0 aromatic heterocycles. The van der Waals surface area contributed by atoms with Gasteiger partial charge in [-0.25, -0.2) is 0 Å². The Morgan fingerprint density at radius 2 is 1.71 bits per heavy atom. The highest BCUT2D eigenvalue weighted by molar-refractivity contribution is 5.44. The Bertz CT molecular complexity index is 482. The molecule has 1 saturated heterocycles. The largest absolute Gasteiger partial charge is 0.508 e. The molecule has 118 valence electrons. The molecule has 3 N–H and O–H groups in total. The van der Waals surface area contributed by atoms with Crippen LogP contribution in [0.2, 0.25) is 0 Å². The van der Waals surface area contributed by atoms with Crippen molar-refractivity contribution in [2.45, 2.75) is 45.8 Å². The van der Waals surface area contributed by atoms with Gasteiger partial charge in [-0.15, -0.1) is 0 Å². The number of aromatic hydroxyl groups is 1. The Balaban J connectivity index is 2.25. The molecule has 0 bridgehead atoms. The second kappa shape index (κ2) is 6.77. The molecule has 1 aromatic rings. The Morgan fingerprint density at radius 1 is 1.10 bits per heavy atom. The molecule has 2 atom stereocenters. The molecule has 21 heavy (non-hydrogen) atoms. The third-order valence-electron chi connectivity index (χ3n) is 4.54. The van der Waals surface area contributed by atoms with Crippen LogP contribution in [0.25, 0.3) is 0 Å². The Kier molecular flexibility index (Phi) is 5.25. The summed E-state index contributed by atoms with van der Waals surface area (Å²) >= 11 is 0. The van der Waals surface area contributed by atoms with Crippen molar-refractivity contribution >= 4 is 0 Å². The van der Waals surface area contributed by atoms with Gasteiger partial charge >= 0.3 is 0 Å². The fraction of sp³-hybridized carbons (Fsp3) is 0.647. The maximum absolute atomic E-state index is 10.8. The number of piperazine rings is 1. The van der Waals surface area contributed by atoms with Crippen molar-refractivity contribution in [1.29, 1.82) is 0 Å². The minimum Gasteiger partial charge on any atom is -0.508 e. The van der Waals surface area contributed by atoms with Crippen molar-refractivity contribution in [3.05, 3.63) is 28.8 Å². The van der Waals surface area contributed by atoms with Crippen molar-refractivity contribution in [2.24, 2.45) is 0 Å². The molecule has 0 spiro atoms. The number of phenolic OH excluding ortho intramolecular Hbond substituents is 1. The molecule has 1 aromatic carbocycles. The smallest absolute Gasteiger partial charge is 0.119 e. The minimum atomic E-state index is -0.527. The van der Waals surface area contributed by atoms with Gasteiger partial charge < -0.3 is 15.5 Å². The van der Waals surface area contributed by atoms with Gasteiger partial charge in [-0.3, -0.25) is 4.90 Å². The van der Waals surface area contributed by atoms with Gasteiger partial charge in [0.2, 0.25) is 0 Å². The molecule has 1 fully saturated rings. The summed E-state index contributed by atoms with van der Waals surface area (Å²) < 4.78 is 0. The topological polar surface area (TPSA) is 55.7 Å². The number of aliphatic hydroxyl groups is 1. The molecular formula is C17H28N2O2. The van der Waals surface area contributed by atoms with E-state index in [0.717, 1.165) is 42.9 Å². The van der Waals surface area contributed by atoms with Gasteiger partial charge in [-0.05, 0) is 48.6 Å². The van der Waals surface area contributed by atoms with Gasteiger partial charge in [0.05, 0.1) is 6.10 Å². The van der Waals surface area contributed by atoms with Crippen LogP contribution < -0.4 is 5.32 Å². The number of nitrogens with one attached hydrogen (secondary N) is 1. The van der Waals surface area contributed by atoms with Gasteiger partial charge in [0.25, 0.3) is 0 Å². The lowest BCUT2D eigenvalue weighted by Gasteiger charge is -2.36. The zero-order chi connectivity index (χ0) is 15.6. The second-order valence-corrected chi connectivity index (χ2v) is 6.39. The maximum Gasteiger partial charge on any atom is 0.119 e. The van der Waals surface area contributed by atoms with Gasteiger partial charge in [0, 0.05) is 32.2 Å². The first-order valence-electron chi connectivity index (χ1n) is 7.88. The Labute approximate surface area is 127 Å². The molecule has 1 aliphatic rings. The van der Waals surface area contributed by atoms with Gasteiger partial charge in [-0.1, -0.05) is 13.8 Å². The van der Waals surface area contributed by atoms with Gasteiger partial charge in [0.1, 0.15) is 5.75 Å². The van der Waals surface area contributed by atoms with Gasteiger partial charge in [0.15, 0.2) is 0 Å². The molecule has 0 amide bonds. The third kappa shape index (κ3) is 3.57. The average Bonchev–Trinajstić information content (AvgIpc) is 2.46. The summed E-state index contributed by atoms with van der Waals surface area (Å²) in [5.74, 6) is 0.569. The SMILES string of the molecule is Cc1cc(O)c(C(C)C)cc1C(O)C(C)N1CCNCC1. The van der Waals surface area contributed by atoms with Crippen molar-refractivity contribution < 1.29 is 10.2 Å². The van der Waals surface area contributed by atoms with Crippen LogP contribution in [0, 0.1) is 6.92 Å². The van der Waals surface area contributed by atoms with Crippen LogP contribution in [0.3, 0.4) is 0 Å². The average molecular weight is 292 g/mol. The maximum atomic E-state index is 10.8. The Morgan fingerprint density at radius 3 is 2.29 bits per heavy atom. The van der Waals surface area contributed by atoms with E-state index in [0.29, 0.717) is 5.75 Å². The van der Waals surface area contributed by atoms with Crippen molar-refractivity contribution in [2.75, 3.05) is 26.2 Å². The fourth-order valence-electron chi connectivity index (χ4n) is 3.06. The number of aryl methyl sites for hydroxylation is 1. The normalized spacial score (nSPS) is 19.7. The number of rotatable bonds is 4. The number of hydrogen-bond acceptors (Lipinski definition) is 4. The third-order valence-corrected chi connectivity index (χ3v) is 4.54. The summed E-state index contributed by atoms with van der Waals surface area (Å²) in [6.45, 7) is 12.0. The standard InChI is InChI=1S/C17H28N2O2/c1-11(2)14-10-15(12(3)9-16(14)20)17(21)13(4)19-7-5-18-6-8-19/h9-11,13,17-18,20-21H,5-8H2,1-4H3. The van der Waals surface area contributed by atoms with Crippen LogP contribution in [-0.2, 0) is 0 Å². The molecular weight excluding hydrogens is 264 g/mol. The number of aliphatic hydroxyl groups excluding tert-OH is 1. The summed E-state index contributed by atoms with van der Waals surface area (Å²) in [6.07, 6.45) is -0.527. The quantitative estimate of drug-likeness (QED) is 0.796. The lowest BCUT2D eigenvalue weighted by molar-refractivity contribution is 0.0505. The molecule has 0 radical (unpaired) electrons. The summed E-state index contributed by atoms with van der Waals surface area (Å²) in [4.78, 5) is 2.32. The van der Waals surface area contributed by atoms with E-state index < -0.39 is 6.10 Å². The molecule has 4 heteroatoms. The van der Waals surface area contributed by atoms with E-state index >= 15 is 0 Å². The van der Waals surface area contributed by atoms with Crippen LogP contribution >= 0.6 is 0 Å². The predicted octanol–water partition coefficient (Wildman–Crippen LogP) is 2.15. The van der Waals surface area contributed by atoms with E-state index in [9.17, 15) is 10.2 Å². The van der Waals surface area contributed by atoms with E-state index in [1.165, 1.54) is 0 Å².